The molecule has 0 spiro atoms. The van der Waals surface area contributed by atoms with Gasteiger partial charge in [0.2, 0.25) is 5.91 Å². The first-order valence-electron chi connectivity index (χ1n) is 11.6. The quantitative estimate of drug-likeness (QED) is 0.402. The molecule has 0 aliphatic carbocycles. The highest BCUT2D eigenvalue weighted by Crippen LogP contribution is 2.26. The summed E-state index contributed by atoms with van der Waals surface area (Å²) in [4.78, 5) is 29.8. The van der Waals surface area contributed by atoms with E-state index in [9.17, 15) is 9.59 Å². The van der Waals surface area contributed by atoms with Crippen LogP contribution in [0.1, 0.15) is 17.1 Å². The number of rotatable bonds is 12. The molecule has 3 rings (SSSR count). The van der Waals surface area contributed by atoms with Crippen LogP contribution in [0.3, 0.4) is 0 Å². The van der Waals surface area contributed by atoms with Crippen LogP contribution in [0.5, 0.6) is 11.5 Å². The van der Waals surface area contributed by atoms with Gasteiger partial charge in [-0.1, -0.05) is 30.3 Å². The van der Waals surface area contributed by atoms with Crippen LogP contribution in [-0.4, -0.2) is 62.8 Å². The number of anilines is 1. The molecule has 9 nitrogen and oxygen atoms in total. The van der Waals surface area contributed by atoms with E-state index in [0.717, 1.165) is 11.3 Å². The Kier molecular flexibility index (Phi) is 9.76. The molecular weight excluding hydrogens is 462 g/mol. The average Bonchev–Trinajstić information content (AvgIpc) is 3.30. The fourth-order valence-corrected chi connectivity index (χ4v) is 3.59. The van der Waals surface area contributed by atoms with Crippen molar-refractivity contribution in [1.29, 1.82) is 0 Å². The van der Waals surface area contributed by atoms with Crippen LogP contribution >= 0.6 is 0 Å². The lowest BCUT2D eigenvalue weighted by molar-refractivity contribution is -0.133. The summed E-state index contributed by atoms with van der Waals surface area (Å²) in [6.45, 7) is 2.90. The van der Waals surface area contributed by atoms with E-state index in [4.69, 9.17) is 18.6 Å². The van der Waals surface area contributed by atoms with E-state index < -0.39 is 6.03 Å². The van der Waals surface area contributed by atoms with Crippen LogP contribution in [0.25, 0.3) is 0 Å². The lowest BCUT2D eigenvalue weighted by atomic mass is 10.2. The van der Waals surface area contributed by atoms with E-state index in [1.54, 1.807) is 30.2 Å². The third kappa shape index (κ3) is 7.78. The number of nitrogens with zero attached hydrogens (tertiary/aromatic N) is 2. The lowest BCUT2D eigenvalue weighted by Crippen LogP contribution is -2.45. The van der Waals surface area contributed by atoms with Crippen molar-refractivity contribution in [1.82, 2.24) is 9.80 Å². The summed E-state index contributed by atoms with van der Waals surface area (Å²) in [7, 11) is 4.61. The number of hydrogen-bond acceptors (Lipinski definition) is 6. The monoisotopic (exact) mass is 495 g/mol. The van der Waals surface area contributed by atoms with E-state index in [0.29, 0.717) is 29.5 Å². The predicted octanol–water partition coefficient (Wildman–Crippen LogP) is 4.31. The Morgan fingerprint density at radius 2 is 1.58 bits per heavy atom. The fraction of sp³-hybridized carbons (Fsp3) is 0.333. The number of aryl methyl sites for hydroxylation is 1. The minimum Gasteiger partial charge on any atom is -0.497 e. The van der Waals surface area contributed by atoms with Crippen molar-refractivity contribution >= 4 is 17.6 Å². The van der Waals surface area contributed by atoms with E-state index in [2.05, 4.69) is 5.32 Å². The van der Waals surface area contributed by atoms with E-state index >= 15 is 0 Å². The van der Waals surface area contributed by atoms with Gasteiger partial charge in [0, 0.05) is 44.1 Å². The van der Waals surface area contributed by atoms with Gasteiger partial charge in [-0.15, -0.1) is 0 Å². The number of benzene rings is 2. The molecule has 1 N–H and O–H groups in total. The second-order valence-corrected chi connectivity index (χ2v) is 8.19. The Morgan fingerprint density at radius 1 is 0.889 bits per heavy atom. The fourth-order valence-electron chi connectivity index (χ4n) is 3.59. The van der Waals surface area contributed by atoms with Gasteiger partial charge in [-0.3, -0.25) is 4.79 Å². The van der Waals surface area contributed by atoms with Gasteiger partial charge in [-0.2, -0.15) is 0 Å². The van der Waals surface area contributed by atoms with Crippen LogP contribution in [0.15, 0.2) is 65.1 Å². The number of urea groups is 1. The minimum atomic E-state index is -0.441. The Hall–Kier alpha value is -3.98. The number of methoxy groups -OCH3 is 3. The molecule has 0 aliphatic heterocycles. The van der Waals surface area contributed by atoms with Gasteiger partial charge in [0.25, 0.3) is 0 Å². The molecule has 0 fully saturated rings. The van der Waals surface area contributed by atoms with Crippen molar-refractivity contribution in [3.63, 3.8) is 0 Å². The summed E-state index contributed by atoms with van der Waals surface area (Å²) in [5.41, 5.74) is 1.46. The van der Waals surface area contributed by atoms with Gasteiger partial charge in [0.1, 0.15) is 29.6 Å². The molecule has 2 aromatic carbocycles. The predicted molar refractivity (Wildman–Crippen MR) is 136 cm³/mol. The van der Waals surface area contributed by atoms with Crippen molar-refractivity contribution in [2.24, 2.45) is 0 Å². The highest BCUT2D eigenvalue weighted by atomic mass is 16.5. The van der Waals surface area contributed by atoms with Crippen LogP contribution in [0.2, 0.25) is 0 Å². The first-order chi connectivity index (χ1) is 17.4. The zero-order valence-corrected chi connectivity index (χ0v) is 21.2. The Balaban J connectivity index is 1.77. The Morgan fingerprint density at radius 3 is 2.17 bits per heavy atom. The van der Waals surface area contributed by atoms with Gasteiger partial charge < -0.3 is 33.7 Å². The normalized spacial score (nSPS) is 10.6. The third-order valence-corrected chi connectivity index (χ3v) is 5.49. The first-order valence-corrected chi connectivity index (χ1v) is 11.6. The zero-order chi connectivity index (χ0) is 25.9. The molecule has 9 heteroatoms. The minimum absolute atomic E-state index is 0.136. The molecule has 1 heterocycles. The average molecular weight is 496 g/mol. The number of carbonyl (C=O) groups excluding carboxylic acids is 2. The topological polar surface area (TPSA) is 93.5 Å². The molecule has 192 valence electrons. The molecule has 1 aromatic heterocycles. The van der Waals surface area contributed by atoms with Crippen LogP contribution in [0.4, 0.5) is 10.5 Å². The summed E-state index contributed by atoms with van der Waals surface area (Å²) >= 11 is 0. The number of carbonyl (C=O) groups is 2. The molecule has 0 radical (unpaired) electrons. The van der Waals surface area contributed by atoms with Gasteiger partial charge in [-0.05, 0) is 24.6 Å². The molecule has 3 amide bonds. The highest BCUT2D eigenvalue weighted by molar-refractivity contribution is 5.92. The maximum atomic E-state index is 13.5. The highest BCUT2D eigenvalue weighted by Gasteiger charge is 2.23. The van der Waals surface area contributed by atoms with Gasteiger partial charge >= 0.3 is 6.03 Å². The van der Waals surface area contributed by atoms with Gasteiger partial charge in [-0.25, -0.2) is 4.79 Å². The molecule has 36 heavy (non-hydrogen) atoms. The number of amides is 3. The standard InChI is InChI=1S/C27H33N3O6/c1-20-10-11-23(36-20)18-30(17-21-8-6-5-7-9-21)26(31)19-29(12-13-33-2)27(32)28-22-14-24(34-3)16-25(15-22)35-4/h5-11,14-16H,12-13,17-19H2,1-4H3,(H,28,32). The van der Waals surface area contributed by atoms with Gasteiger partial charge in [0.15, 0.2) is 0 Å². The van der Waals surface area contributed by atoms with E-state index in [1.165, 1.54) is 19.1 Å². The second-order valence-electron chi connectivity index (χ2n) is 8.19. The van der Waals surface area contributed by atoms with Crippen molar-refractivity contribution < 1.29 is 28.2 Å². The molecule has 0 saturated heterocycles. The molecule has 0 saturated carbocycles. The van der Waals surface area contributed by atoms with Crippen molar-refractivity contribution in [3.8, 4) is 11.5 Å². The number of nitrogens with one attached hydrogen (secondary N) is 1. The van der Waals surface area contributed by atoms with Crippen molar-refractivity contribution in [2.75, 3.05) is 46.3 Å². The number of hydrogen-bond donors (Lipinski definition) is 1. The Bertz CT molecular complexity index is 1110. The second kappa shape index (κ2) is 13.2. The number of ether oxygens (including phenoxy) is 3. The van der Waals surface area contributed by atoms with Crippen LogP contribution in [0, 0.1) is 6.92 Å². The third-order valence-electron chi connectivity index (χ3n) is 5.49. The summed E-state index contributed by atoms with van der Waals surface area (Å²) in [5.74, 6) is 2.29. The summed E-state index contributed by atoms with van der Waals surface area (Å²) < 4.78 is 21.5. The largest absolute Gasteiger partial charge is 0.497 e. The van der Waals surface area contributed by atoms with Gasteiger partial charge in [0.05, 0.1) is 27.4 Å². The molecule has 0 atom stereocenters. The van der Waals surface area contributed by atoms with Crippen LogP contribution in [-0.2, 0) is 22.6 Å². The van der Waals surface area contributed by atoms with Crippen molar-refractivity contribution in [2.45, 2.75) is 20.0 Å². The smallest absolute Gasteiger partial charge is 0.322 e. The SMILES string of the molecule is COCCN(CC(=O)N(Cc1ccccc1)Cc1ccc(C)o1)C(=O)Nc1cc(OC)cc(OC)c1. The van der Waals surface area contributed by atoms with Crippen molar-refractivity contribution in [3.05, 3.63) is 77.7 Å². The maximum absolute atomic E-state index is 13.5. The van der Waals surface area contributed by atoms with Crippen LogP contribution < -0.4 is 14.8 Å². The van der Waals surface area contributed by atoms with E-state index in [-0.39, 0.29) is 32.1 Å². The molecule has 0 aliphatic rings. The maximum Gasteiger partial charge on any atom is 0.322 e. The zero-order valence-electron chi connectivity index (χ0n) is 21.2. The lowest BCUT2D eigenvalue weighted by Gasteiger charge is -2.27. The molecule has 0 bridgehead atoms. The molecular formula is C27H33N3O6. The Labute approximate surface area is 211 Å². The summed E-state index contributed by atoms with van der Waals surface area (Å²) in [6.07, 6.45) is 0. The summed E-state index contributed by atoms with van der Waals surface area (Å²) in [6, 6.07) is 18.0. The molecule has 3 aromatic rings. The number of furan rings is 1. The summed E-state index contributed by atoms with van der Waals surface area (Å²) in [5, 5.41) is 2.83. The first kappa shape index (κ1) is 26.6. The molecule has 0 unspecified atom stereocenters. The van der Waals surface area contributed by atoms with E-state index in [1.807, 2.05) is 49.4 Å².